The van der Waals surface area contributed by atoms with Crippen molar-refractivity contribution in [2.75, 3.05) is 43.7 Å². The largest absolute Gasteiger partial charge is 0.495 e. The van der Waals surface area contributed by atoms with Crippen molar-refractivity contribution in [1.29, 1.82) is 0 Å². The number of nitrogens with one attached hydrogen (secondary N) is 2. The zero-order valence-electron chi connectivity index (χ0n) is 18.7. The highest BCUT2D eigenvalue weighted by Gasteiger charge is 2.14. The van der Waals surface area contributed by atoms with E-state index in [0.717, 1.165) is 17.3 Å². The number of nitrogen functional groups attached to an aromatic ring is 1. The number of anilines is 2. The lowest BCUT2D eigenvalue weighted by Crippen LogP contribution is -2.17. The number of hydrogen-bond donors (Lipinski definition) is 3. The van der Waals surface area contributed by atoms with Crippen LogP contribution in [0.15, 0.2) is 52.7 Å². The minimum absolute atomic E-state index is 0.0846. The molecule has 11 nitrogen and oxygen atoms in total. The fourth-order valence-electron chi connectivity index (χ4n) is 2.78. The SMILES string of the molecule is COc1ccccc1NC(=O)CSc1nnc(N/N=C(\C)c2ccc(OC)c(OC)c2)n1N. The van der Waals surface area contributed by atoms with E-state index in [2.05, 4.69) is 26.0 Å². The maximum Gasteiger partial charge on any atom is 0.264 e. The standard InChI is InChI=1S/C21H25N7O4S/c1-13(14-9-10-17(31-3)18(11-14)32-4)24-25-20-26-27-21(28(20)22)33-12-19(29)23-15-7-5-6-8-16(15)30-2/h5-11H,12,22H2,1-4H3,(H,23,29)(H,25,26)/b24-13+. The Bertz CT molecular complexity index is 1150. The Hall–Kier alpha value is -3.93. The number of hydrogen-bond acceptors (Lipinski definition) is 10. The predicted molar refractivity (Wildman–Crippen MR) is 128 cm³/mol. The van der Waals surface area contributed by atoms with Gasteiger partial charge in [-0.15, -0.1) is 10.2 Å². The van der Waals surface area contributed by atoms with E-state index >= 15 is 0 Å². The number of nitrogens with zero attached hydrogens (tertiary/aromatic N) is 4. The molecule has 0 saturated carbocycles. The molecule has 1 heterocycles. The first-order valence-electron chi connectivity index (χ1n) is 9.75. The number of para-hydroxylation sites is 2. The Balaban J connectivity index is 1.61. The number of carbonyl (C=O) groups excluding carboxylic acids is 1. The van der Waals surface area contributed by atoms with Gasteiger partial charge in [0.05, 0.1) is 38.5 Å². The summed E-state index contributed by atoms with van der Waals surface area (Å²) in [5, 5.41) is 15.4. The van der Waals surface area contributed by atoms with Crippen LogP contribution in [-0.2, 0) is 4.79 Å². The monoisotopic (exact) mass is 471 g/mol. The number of thioether (sulfide) groups is 1. The molecule has 4 N–H and O–H groups in total. The van der Waals surface area contributed by atoms with Crippen molar-refractivity contribution in [1.82, 2.24) is 14.9 Å². The Morgan fingerprint density at radius 2 is 1.79 bits per heavy atom. The molecule has 12 heteroatoms. The molecule has 0 spiro atoms. The van der Waals surface area contributed by atoms with Gasteiger partial charge in [-0.05, 0) is 37.3 Å². The summed E-state index contributed by atoms with van der Waals surface area (Å²) >= 11 is 1.14. The molecule has 1 aromatic heterocycles. The Morgan fingerprint density at radius 3 is 2.52 bits per heavy atom. The Morgan fingerprint density at radius 1 is 1.06 bits per heavy atom. The van der Waals surface area contributed by atoms with Gasteiger partial charge in [0.2, 0.25) is 11.1 Å². The van der Waals surface area contributed by atoms with Gasteiger partial charge in [-0.1, -0.05) is 23.9 Å². The quantitative estimate of drug-likeness (QED) is 0.176. The maximum absolute atomic E-state index is 12.3. The number of ether oxygens (including phenoxy) is 3. The average molecular weight is 472 g/mol. The molecule has 0 aliphatic carbocycles. The summed E-state index contributed by atoms with van der Waals surface area (Å²) in [4.78, 5) is 12.3. The molecule has 0 aliphatic rings. The third-order valence-electron chi connectivity index (χ3n) is 4.50. The zero-order valence-corrected chi connectivity index (χ0v) is 19.5. The van der Waals surface area contributed by atoms with Crippen molar-refractivity contribution in [3.63, 3.8) is 0 Å². The van der Waals surface area contributed by atoms with Crippen LogP contribution >= 0.6 is 11.8 Å². The van der Waals surface area contributed by atoms with Crippen molar-refractivity contribution in [2.45, 2.75) is 12.1 Å². The van der Waals surface area contributed by atoms with Crippen LogP contribution in [-0.4, -0.2) is 53.6 Å². The van der Waals surface area contributed by atoms with E-state index < -0.39 is 0 Å². The third kappa shape index (κ3) is 5.86. The molecule has 33 heavy (non-hydrogen) atoms. The van der Waals surface area contributed by atoms with E-state index in [-0.39, 0.29) is 17.6 Å². The van der Waals surface area contributed by atoms with Crippen LogP contribution in [0.1, 0.15) is 12.5 Å². The fraction of sp³-hybridized carbons (Fsp3) is 0.238. The molecular weight excluding hydrogens is 446 g/mol. The van der Waals surface area contributed by atoms with E-state index in [0.29, 0.717) is 33.8 Å². The maximum atomic E-state index is 12.3. The van der Waals surface area contributed by atoms with Crippen LogP contribution in [0.4, 0.5) is 11.6 Å². The van der Waals surface area contributed by atoms with Gasteiger partial charge in [0.15, 0.2) is 11.5 Å². The van der Waals surface area contributed by atoms with E-state index in [1.165, 1.54) is 4.68 Å². The summed E-state index contributed by atoms with van der Waals surface area (Å²) in [5.41, 5.74) is 4.87. The molecule has 174 valence electrons. The van der Waals surface area contributed by atoms with Crippen LogP contribution in [0.2, 0.25) is 0 Å². The van der Waals surface area contributed by atoms with E-state index in [1.54, 1.807) is 39.5 Å². The molecule has 0 radical (unpaired) electrons. The molecule has 0 unspecified atom stereocenters. The van der Waals surface area contributed by atoms with Gasteiger partial charge in [-0.2, -0.15) is 5.10 Å². The van der Waals surface area contributed by atoms with E-state index in [4.69, 9.17) is 20.1 Å². The second kappa shape index (κ2) is 11.1. The molecule has 0 aliphatic heterocycles. The molecule has 3 rings (SSSR count). The van der Waals surface area contributed by atoms with Crippen molar-refractivity contribution in [3.05, 3.63) is 48.0 Å². The van der Waals surface area contributed by atoms with Crippen molar-refractivity contribution in [2.24, 2.45) is 5.10 Å². The first-order valence-corrected chi connectivity index (χ1v) is 10.7. The van der Waals surface area contributed by atoms with Gasteiger partial charge in [0.1, 0.15) is 5.75 Å². The van der Waals surface area contributed by atoms with Gasteiger partial charge >= 0.3 is 0 Å². The van der Waals surface area contributed by atoms with Crippen LogP contribution in [0.5, 0.6) is 17.2 Å². The lowest BCUT2D eigenvalue weighted by atomic mass is 10.1. The van der Waals surface area contributed by atoms with Crippen LogP contribution < -0.4 is 30.8 Å². The highest BCUT2D eigenvalue weighted by Crippen LogP contribution is 2.28. The Kier molecular flexibility index (Phi) is 7.97. The van der Waals surface area contributed by atoms with Crippen LogP contribution in [0.25, 0.3) is 0 Å². The minimum Gasteiger partial charge on any atom is -0.495 e. The van der Waals surface area contributed by atoms with Gasteiger partial charge in [0.25, 0.3) is 5.95 Å². The zero-order chi connectivity index (χ0) is 23.8. The molecule has 2 aromatic carbocycles. The van der Waals surface area contributed by atoms with Gasteiger partial charge < -0.3 is 25.4 Å². The first-order chi connectivity index (χ1) is 16.0. The van der Waals surface area contributed by atoms with E-state index in [1.807, 2.05) is 31.2 Å². The summed E-state index contributed by atoms with van der Waals surface area (Å²) < 4.78 is 17.0. The summed E-state index contributed by atoms with van der Waals surface area (Å²) in [5.74, 6) is 7.92. The minimum atomic E-state index is -0.232. The number of aromatic nitrogens is 3. The van der Waals surface area contributed by atoms with Crippen molar-refractivity contribution in [3.8, 4) is 17.2 Å². The molecule has 0 saturated heterocycles. The van der Waals surface area contributed by atoms with Gasteiger partial charge in [-0.3, -0.25) is 4.79 Å². The highest BCUT2D eigenvalue weighted by atomic mass is 32.2. The van der Waals surface area contributed by atoms with E-state index in [9.17, 15) is 4.79 Å². The predicted octanol–water partition coefficient (Wildman–Crippen LogP) is 2.58. The average Bonchev–Trinajstić information content (AvgIpc) is 3.20. The summed E-state index contributed by atoms with van der Waals surface area (Å²) in [6.07, 6.45) is 0. The van der Waals surface area contributed by atoms with Gasteiger partial charge in [0, 0.05) is 5.56 Å². The molecule has 3 aromatic rings. The molecule has 0 fully saturated rings. The fourth-order valence-corrected chi connectivity index (χ4v) is 3.43. The van der Waals surface area contributed by atoms with Crippen LogP contribution in [0, 0.1) is 0 Å². The highest BCUT2D eigenvalue weighted by molar-refractivity contribution is 7.99. The third-order valence-corrected chi connectivity index (χ3v) is 5.45. The first kappa shape index (κ1) is 23.7. The lowest BCUT2D eigenvalue weighted by molar-refractivity contribution is -0.113. The number of amides is 1. The second-order valence-electron chi connectivity index (χ2n) is 6.59. The summed E-state index contributed by atoms with van der Waals surface area (Å²) in [7, 11) is 4.69. The topological polar surface area (TPSA) is 138 Å². The molecular formula is C21H25N7O4S. The number of hydrazone groups is 1. The molecule has 0 bridgehead atoms. The second-order valence-corrected chi connectivity index (χ2v) is 7.53. The lowest BCUT2D eigenvalue weighted by Gasteiger charge is -2.10. The number of benzene rings is 2. The number of nitrogens with two attached hydrogens (primary N) is 1. The van der Waals surface area contributed by atoms with Gasteiger partial charge in [-0.25, -0.2) is 10.1 Å². The summed E-state index contributed by atoms with van der Waals surface area (Å²) in [6.45, 7) is 1.82. The number of rotatable bonds is 10. The number of methoxy groups -OCH3 is 3. The van der Waals surface area contributed by atoms with Crippen LogP contribution in [0.3, 0.4) is 0 Å². The smallest absolute Gasteiger partial charge is 0.264 e. The van der Waals surface area contributed by atoms with Crippen molar-refractivity contribution >= 4 is 35.0 Å². The normalized spacial score (nSPS) is 11.1. The summed E-state index contributed by atoms with van der Waals surface area (Å²) in [6, 6.07) is 12.6. The van der Waals surface area contributed by atoms with Crippen molar-refractivity contribution < 1.29 is 19.0 Å². The molecule has 1 amide bonds. The number of carbonyl (C=O) groups is 1. The Labute approximate surface area is 195 Å². The molecule has 0 atom stereocenters.